The molecule has 11 nitrogen and oxygen atoms in total. The highest BCUT2D eigenvalue weighted by molar-refractivity contribution is 7.90. The van der Waals surface area contributed by atoms with E-state index in [1.165, 1.54) is 9.21 Å². The van der Waals surface area contributed by atoms with Crippen molar-refractivity contribution in [2.45, 2.75) is 62.4 Å². The summed E-state index contributed by atoms with van der Waals surface area (Å²) in [6.07, 6.45) is 5.30. The Morgan fingerprint density at radius 1 is 1.15 bits per heavy atom. The first-order chi connectivity index (χ1) is 16.3. The maximum Gasteiger partial charge on any atom is 0.255 e. The van der Waals surface area contributed by atoms with Gasteiger partial charge in [-0.15, -0.1) is 5.10 Å². The predicted octanol–water partition coefficient (Wildman–Crippen LogP) is 0.487. The van der Waals surface area contributed by atoms with E-state index in [1.807, 2.05) is 6.07 Å². The number of rotatable bonds is 4. The number of hydrogen-bond acceptors (Lipinski definition) is 7. The van der Waals surface area contributed by atoms with E-state index in [2.05, 4.69) is 15.6 Å². The summed E-state index contributed by atoms with van der Waals surface area (Å²) in [6, 6.07) is 4.61. The fraction of sp³-hybridized carbons (Fsp3) is 0.500. The van der Waals surface area contributed by atoms with Gasteiger partial charge in [-0.05, 0) is 55.9 Å². The molecule has 2 saturated heterocycles. The van der Waals surface area contributed by atoms with Crippen LogP contribution < -0.4 is 5.32 Å². The lowest BCUT2D eigenvalue weighted by Gasteiger charge is -2.31. The molecule has 6 rings (SSSR count). The van der Waals surface area contributed by atoms with Crippen LogP contribution in [0, 0.1) is 0 Å². The van der Waals surface area contributed by atoms with E-state index in [1.54, 1.807) is 23.0 Å². The number of amides is 3. The second kappa shape index (κ2) is 7.44. The molecule has 3 aliphatic heterocycles. The van der Waals surface area contributed by atoms with E-state index >= 15 is 0 Å². The van der Waals surface area contributed by atoms with Crippen LogP contribution in [0.3, 0.4) is 0 Å². The minimum Gasteiger partial charge on any atom is -0.322 e. The second-order valence-corrected chi connectivity index (χ2v) is 11.9. The average molecular weight is 485 g/mol. The Kier molecular flexibility index (Phi) is 4.69. The minimum absolute atomic E-state index is 0.191. The summed E-state index contributed by atoms with van der Waals surface area (Å²) in [5, 5.41) is 10.7. The van der Waals surface area contributed by atoms with Gasteiger partial charge in [0.05, 0.1) is 28.9 Å². The SMILES string of the molecule is O=C1CCC(N2Cc3cc(-n4cc(CN5CCCC6(CC6)S5(=O)=O)nn4)ccc3C2=O)C(=O)N1. The van der Waals surface area contributed by atoms with Gasteiger partial charge in [0, 0.05) is 25.1 Å². The highest BCUT2D eigenvalue weighted by atomic mass is 32.2. The normalized spacial score (nSPS) is 25.5. The number of benzene rings is 1. The summed E-state index contributed by atoms with van der Waals surface area (Å²) in [7, 11) is -3.32. The van der Waals surface area contributed by atoms with Gasteiger partial charge < -0.3 is 4.90 Å². The van der Waals surface area contributed by atoms with Crippen LogP contribution in [-0.4, -0.2) is 67.7 Å². The molecule has 4 aliphatic rings. The quantitative estimate of drug-likeness (QED) is 0.624. The van der Waals surface area contributed by atoms with Gasteiger partial charge in [-0.25, -0.2) is 13.1 Å². The fourth-order valence-corrected chi connectivity index (χ4v) is 7.53. The molecule has 4 heterocycles. The van der Waals surface area contributed by atoms with Crippen molar-refractivity contribution in [1.29, 1.82) is 0 Å². The zero-order valence-corrected chi connectivity index (χ0v) is 19.3. The Morgan fingerprint density at radius 3 is 2.74 bits per heavy atom. The number of carbonyl (C=O) groups is 3. The van der Waals surface area contributed by atoms with Crippen molar-refractivity contribution in [1.82, 2.24) is 29.5 Å². The first-order valence-corrected chi connectivity index (χ1v) is 12.9. The molecule has 178 valence electrons. The summed E-state index contributed by atoms with van der Waals surface area (Å²) in [5.74, 6) is -1.00. The molecule has 1 aliphatic carbocycles. The van der Waals surface area contributed by atoms with E-state index in [-0.39, 0.29) is 31.3 Å². The van der Waals surface area contributed by atoms with Crippen LogP contribution in [0.1, 0.15) is 60.1 Å². The van der Waals surface area contributed by atoms with Crippen molar-refractivity contribution in [2.75, 3.05) is 6.54 Å². The number of nitrogens with one attached hydrogen (secondary N) is 1. The van der Waals surface area contributed by atoms with E-state index in [0.717, 1.165) is 31.2 Å². The fourth-order valence-electron chi connectivity index (χ4n) is 5.29. The van der Waals surface area contributed by atoms with Crippen LogP contribution in [-0.2, 0) is 32.7 Å². The molecule has 12 heteroatoms. The first-order valence-electron chi connectivity index (χ1n) is 11.5. The molecule has 1 saturated carbocycles. The van der Waals surface area contributed by atoms with Crippen LogP contribution in [0.5, 0.6) is 0 Å². The Morgan fingerprint density at radius 2 is 1.97 bits per heavy atom. The van der Waals surface area contributed by atoms with Crippen molar-refractivity contribution in [3.05, 3.63) is 41.2 Å². The van der Waals surface area contributed by atoms with Gasteiger partial charge in [-0.2, -0.15) is 4.31 Å². The maximum absolute atomic E-state index is 12.9. The third-order valence-corrected chi connectivity index (χ3v) is 10.1. The van der Waals surface area contributed by atoms with Gasteiger partial charge in [-0.3, -0.25) is 19.7 Å². The van der Waals surface area contributed by atoms with Gasteiger partial charge in [0.1, 0.15) is 6.04 Å². The van der Waals surface area contributed by atoms with Crippen molar-refractivity contribution < 1.29 is 22.8 Å². The number of imide groups is 1. The molecule has 34 heavy (non-hydrogen) atoms. The number of piperidine rings is 1. The second-order valence-electron chi connectivity index (χ2n) is 9.52. The molecule has 3 amide bonds. The number of carbonyl (C=O) groups excluding carboxylic acids is 3. The molecule has 1 N–H and O–H groups in total. The molecule has 1 atom stereocenters. The lowest BCUT2D eigenvalue weighted by atomic mass is 10.0. The van der Waals surface area contributed by atoms with Crippen molar-refractivity contribution in [3.63, 3.8) is 0 Å². The summed E-state index contributed by atoms with van der Waals surface area (Å²) in [5.41, 5.74) is 2.53. The number of sulfonamides is 1. The standard InChI is InChI=1S/C22H24N6O5S/c29-19-5-4-18(20(30)23-19)27-11-14-10-16(2-3-17(14)21(27)31)28-13-15(24-25-28)12-26-9-1-6-22(7-8-22)34(26,32)33/h2-3,10,13,18H,1,4-9,11-12H2,(H,23,29,30). The zero-order chi connectivity index (χ0) is 23.7. The van der Waals surface area contributed by atoms with E-state index < -0.39 is 26.7 Å². The summed E-state index contributed by atoms with van der Waals surface area (Å²) < 4.78 is 28.4. The number of fused-ring (bicyclic) bond motifs is 1. The topological polar surface area (TPSA) is 135 Å². The predicted molar refractivity (Wildman–Crippen MR) is 118 cm³/mol. The summed E-state index contributed by atoms with van der Waals surface area (Å²) in [4.78, 5) is 38.1. The molecular formula is C22H24N6O5S. The molecule has 1 spiro atoms. The Bertz CT molecular complexity index is 1330. The lowest BCUT2D eigenvalue weighted by molar-refractivity contribution is -0.136. The van der Waals surface area contributed by atoms with Gasteiger partial charge in [0.15, 0.2) is 0 Å². The Balaban J connectivity index is 1.20. The van der Waals surface area contributed by atoms with Gasteiger partial charge in [0.25, 0.3) is 5.91 Å². The monoisotopic (exact) mass is 484 g/mol. The lowest BCUT2D eigenvalue weighted by Crippen LogP contribution is -2.52. The largest absolute Gasteiger partial charge is 0.322 e. The maximum atomic E-state index is 12.9. The van der Waals surface area contributed by atoms with Gasteiger partial charge in [-0.1, -0.05) is 5.21 Å². The molecule has 2 aromatic rings. The van der Waals surface area contributed by atoms with E-state index in [0.29, 0.717) is 29.9 Å². The van der Waals surface area contributed by atoms with Crippen LogP contribution in [0.15, 0.2) is 24.4 Å². The molecule has 0 bridgehead atoms. The summed E-state index contributed by atoms with van der Waals surface area (Å²) >= 11 is 0. The smallest absolute Gasteiger partial charge is 0.255 e. The third kappa shape index (κ3) is 3.27. The molecule has 3 fully saturated rings. The first kappa shape index (κ1) is 21.4. The van der Waals surface area contributed by atoms with Crippen LogP contribution in [0.2, 0.25) is 0 Å². The highest BCUT2D eigenvalue weighted by Gasteiger charge is 2.58. The Labute approximate surface area is 196 Å². The van der Waals surface area contributed by atoms with Crippen molar-refractivity contribution in [2.24, 2.45) is 0 Å². The summed E-state index contributed by atoms with van der Waals surface area (Å²) in [6.45, 7) is 0.953. The molecule has 0 radical (unpaired) electrons. The number of aromatic nitrogens is 3. The third-order valence-electron chi connectivity index (χ3n) is 7.39. The van der Waals surface area contributed by atoms with Gasteiger partial charge >= 0.3 is 0 Å². The van der Waals surface area contributed by atoms with E-state index in [9.17, 15) is 22.8 Å². The highest BCUT2D eigenvalue weighted by Crippen LogP contribution is 2.51. The molecule has 1 aromatic carbocycles. The van der Waals surface area contributed by atoms with Crippen molar-refractivity contribution >= 4 is 27.7 Å². The van der Waals surface area contributed by atoms with Crippen LogP contribution >= 0.6 is 0 Å². The van der Waals surface area contributed by atoms with E-state index in [4.69, 9.17) is 0 Å². The average Bonchev–Trinajstić information content (AvgIpc) is 3.32. The zero-order valence-electron chi connectivity index (χ0n) is 18.4. The van der Waals surface area contributed by atoms with Crippen LogP contribution in [0.25, 0.3) is 5.69 Å². The van der Waals surface area contributed by atoms with Gasteiger partial charge in [0.2, 0.25) is 21.8 Å². The van der Waals surface area contributed by atoms with Crippen LogP contribution in [0.4, 0.5) is 0 Å². The molecular weight excluding hydrogens is 460 g/mol. The molecule has 1 aromatic heterocycles. The minimum atomic E-state index is -3.32. The number of nitrogens with zero attached hydrogens (tertiary/aromatic N) is 5. The van der Waals surface area contributed by atoms with Crippen molar-refractivity contribution in [3.8, 4) is 5.69 Å². The number of hydrogen-bond donors (Lipinski definition) is 1. The molecule has 1 unspecified atom stereocenters. The Hall–Kier alpha value is -3.12.